The van der Waals surface area contributed by atoms with Crippen LogP contribution in [-0.2, 0) is 0 Å². The number of nitrogens with zero attached hydrogens (tertiary/aromatic N) is 2. The van der Waals surface area contributed by atoms with Crippen LogP contribution in [0.5, 0.6) is 17.2 Å². The Balaban J connectivity index is 1.45. The van der Waals surface area contributed by atoms with Gasteiger partial charge in [0.05, 0.1) is 25.8 Å². The average molecular weight is 474 g/mol. The van der Waals surface area contributed by atoms with Crippen LogP contribution in [0.25, 0.3) is 0 Å². The lowest BCUT2D eigenvalue weighted by Crippen LogP contribution is -2.55. The summed E-state index contributed by atoms with van der Waals surface area (Å²) < 4.78 is 17.1. The standard InChI is InChI=1S/C26H36ClN3O3/c1-28-12-5-15-33-24-11-8-19(16-26(24)32-3)23-7-4-6-21-18-29(13-14-30(21)23)20-9-10-22(27)25(17-20)31-2/h8-11,16-17,21,23,28H,4-7,12-15,18H2,1-3H3/t21?,23-/m1/s1. The topological polar surface area (TPSA) is 46.2 Å². The minimum Gasteiger partial charge on any atom is -0.495 e. The van der Waals surface area contributed by atoms with Crippen molar-refractivity contribution in [2.24, 2.45) is 0 Å². The molecule has 0 amide bonds. The summed E-state index contributed by atoms with van der Waals surface area (Å²) in [4.78, 5) is 5.15. The van der Waals surface area contributed by atoms with E-state index in [4.69, 9.17) is 25.8 Å². The fourth-order valence-electron chi connectivity index (χ4n) is 5.13. The van der Waals surface area contributed by atoms with Crippen LogP contribution < -0.4 is 24.4 Å². The Morgan fingerprint density at radius 1 is 1.00 bits per heavy atom. The van der Waals surface area contributed by atoms with Gasteiger partial charge in [0.2, 0.25) is 0 Å². The highest BCUT2D eigenvalue weighted by atomic mass is 35.5. The van der Waals surface area contributed by atoms with Crippen molar-refractivity contribution >= 4 is 17.3 Å². The Morgan fingerprint density at radius 2 is 1.85 bits per heavy atom. The molecule has 2 heterocycles. The van der Waals surface area contributed by atoms with Crippen LogP contribution >= 0.6 is 11.6 Å². The molecule has 0 aliphatic carbocycles. The summed E-state index contributed by atoms with van der Waals surface area (Å²) >= 11 is 6.24. The number of methoxy groups -OCH3 is 2. The molecule has 0 aromatic heterocycles. The van der Waals surface area contributed by atoms with Gasteiger partial charge in [-0.25, -0.2) is 0 Å². The SMILES string of the molecule is CNCCCOc1ccc([C@H]2CCCC3CN(c4ccc(Cl)c(OC)c4)CCN32)cc1OC. The Kier molecular flexibility index (Phi) is 8.23. The molecule has 180 valence electrons. The molecule has 33 heavy (non-hydrogen) atoms. The van der Waals surface area contributed by atoms with Gasteiger partial charge in [-0.3, -0.25) is 4.90 Å². The van der Waals surface area contributed by atoms with Crippen LogP contribution in [0.1, 0.15) is 37.3 Å². The number of benzene rings is 2. The third-order valence-corrected chi connectivity index (χ3v) is 7.16. The number of piperidine rings is 1. The van der Waals surface area contributed by atoms with Crippen molar-refractivity contribution in [2.45, 2.75) is 37.8 Å². The molecule has 7 heteroatoms. The van der Waals surface area contributed by atoms with Gasteiger partial charge in [-0.15, -0.1) is 0 Å². The number of hydrogen-bond acceptors (Lipinski definition) is 6. The molecule has 2 aromatic carbocycles. The van der Waals surface area contributed by atoms with E-state index in [9.17, 15) is 0 Å². The lowest BCUT2D eigenvalue weighted by atomic mass is 9.89. The van der Waals surface area contributed by atoms with Gasteiger partial charge < -0.3 is 24.4 Å². The van der Waals surface area contributed by atoms with Crippen LogP contribution in [0.2, 0.25) is 5.02 Å². The third-order valence-electron chi connectivity index (χ3n) is 6.84. The molecule has 0 bridgehead atoms. The number of rotatable bonds is 9. The van der Waals surface area contributed by atoms with E-state index in [2.05, 4.69) is 45.4 Å². The molecule has 1 N–H and O–H groups in total. The first-order valence-electron chi connectivity index (χ1n) is 11.9. The van der Waals surface area contributed by atoms with Gasteiger partial charge in [0.1, 0.15) is 5.75 Å². The summed E-state index contributed by atoms with van der Waals surface area (Å²) in [6.07, 6.45) is 4.60. The number of nitrogens with one attached hydrogen (secondary N) is 1. The summed E-state index contributed by atoms with van der Waals surface area (Å²) in [7, 11) is 5.35. The summed E-state index contributed by atoms with van der Waals surface area (Å²) in [5, 5.41) is 3.80. The summed E-state index contributed by atoms with van der Waals surface area (Å²) in [6, 6.07) is 13.5. The van der Waals surface area contributed by atoms with Gasteiger partial charge >= 0.3 is 0 Å². The smallest absolute Gasteiger partial charge is 0.161 e. The first-order chi connectivity index (χ1) is 16.1. The molecular formula is C26H36ClN3O3. The summed E-state index contributed by atoms with van der Waals surface area (Å²) in [6.45, 7) is 4.66. The number of piperazine rings is 1. The first kappa shape index (κ1) is 24.0. The Labute approximate surface area is 202 Å². The number of ether oxygens (including phenoxy) is 3. The van der Waals surface area contributed by atoms with Crippen molar-refractivity contribution in [2.75, 3.05) is 59.0 Å². The minimum absolute atomic E-state index is 0.415. The van der Waals surface area contributed by atoms with E-state index >= 15 is 0 Å². The Bertz CT molecular complexity index is 926. The van der Waals surface area contributed by atoms with E-state index in [0.717, 1.165) is 49.8 Å². The van der Waals surface area contributed by atoms with Crippen molar-refractivity contribution in [3.05, 3.63) is 47.0 Å². The second kappa shape index (κ2) is 11.3. The van der Waals surface area contributed by atoms with Crippen LogP contribution in [0.3, 0.4) is 0 Å². The zero-order valence-electron chi connectivity index (χ0n) is 20.0. The molecule has 4 rings (SSSR count). The van der Waals surface area contributed by atoms with Crippen molar-refractivity contribution in [3.63, 3.8) is 0 Å². The lowest BCUT2D eigenvalue weighted by Gasteiger charge is -2.49. The molecule has 2 atom stereocenters. The van der Waals surface area contributed by atoms with E-state index in [-0.39, 0.29) is 0 Å². The van der Waals surface area contributed by atoms with E-state index in [1.807, 2.05) is 13.1 Å². The van der Waals surface area contributed by atoms with Gasteiger partial charge in [0.15, 0.2) is 11.5 Å². The first-order valence-corrected chi connectivity index (χ1v) is 12.3. The fraction of sp³-hybridized carbons (Fsp3) is 0.538. The van der Waals surface area contributed by atoms with Crippen molar-refractivity contribution < 1.29 is 14.2 Å². The van der Waals surface area contributed by atoms with Gasteiger partial charge in [-0.2, -0.15) is 0 Å². The predicted octanol–water partition coefficient (Wildman–Crippen LogP) is 4.76. The third kappa shape index (κ3) is 5.51. The largest absolute Gasteiger partial charge is 0.495 e. The fourth-order valence-corrected chi connectivity index (χ4v) is 5.32. The molecule has 0 saturated carbocycles. The predicted molar refractivity (Wildman–Crippen MR) is 134 cm³/mol. The van der Waals surface area contributed by atoms with E-state index in [0.29, 0.717) is 23.7 Å². The molecule has 0 spiro atoms. The highest BCUT2D eigenvalue weighted by Gasteiger charge is 2.36. The molecular weight excluding hydrogens is 438 g/mol. The van der Waals surface area contributed by atoms with Gasteiger partial charge in [0.25, 0.3) is 0 Å². The number of hydrogen-bond donors (Lipinski definition) is 1. The van der Waals surface area contributed by atoms with E-state index in [1.165, 1.54) is 30.5 Å². The van der Waals surface area contributed by atoms with Crippen molar-refractivity contribution in [1.29, 1.82) is 0 Å². The quantitative estimate of drug-likeness (QED) is 0.530. The van der Waals surface area contributed by atoms with Crippen LogP contribution in [0.4, 0.5) is 5.69 Å². The highest BCUT2D eigenvalue weighted by Crippen LogP contribution is 2.40. The second-order valence-electron chi connectivity index (χ2n) is 8.82. The van der Waals surface area contributed by atoms with E-state index in [1.54, 1.807) is 14.2 Å². The van der Waals surface area contributed by atoms with Crippen molar-refractivity contribution in [3.8, 4) is 17.2 Å². The number of fused-ring (bicyclic) bond motifs is 1. The normalized spacial score (nSPS) is 20.9. The van der Waals surface area contributed by atoms with Crippen LogP contribution in [-0.4, -0.2) is 65.0 Å². The molecule has 2 saturated heterocycles. The minimum atomic E-state index is 0.415. The number of halogens is 1. The van der Waals surface area contributed by atoms with Gasteiger partial charge in [0, 0.05) is 43.5 Å². The van der Waals surface area contributed by atoms with E-state index < -0.39 is 0 Å². The second-order valence-corrected chi connectivity index (χ2v) is 9.23. The molecule has 6 nitrogen and oxygen atoms in total. The maximum Gasteiger partial charge on any atom is 0.161 e. The Hall–Kier alpha value is -2.15. The van der Waals surface area contributed by atoms with Crippen LogP contribution in [0, 0.1) is 0 Å². The lowest BCUT2D eigenvalue weighted by molar-refractivity contribution is 0.0715. The molecule has 2 aromatic rings. The maximum atomic E-state index is 6.24. The Morgan fingerprint density at radius 3 is 2.64 bits per heavy atom. The summed E-state index contributed by atoms with van der Waals surface area (Å²) in [5.74, 6) is 2.38. The average Bonchev–Trinajstić information content (AvgIpc) is 2.86. The zero-order chi connectivity index (χ0) is 23.2. The molecule has 2 fully saturated rings. The van der Waals surface area contributed by atoms with Crippen molar-refractivity contribution in [1.82, 2.24) is 10.2 Å². The van der Waals surface area contributed by atoms with Gasteiger partial charge in [-0.1, -0.05) is 17.7 Å². The van der Waals surface area contributed by atoms with Crippen LogP contribution in [0.15, 0.2) is 36.4 Å². The summed E-state index contributed by atoms with van der Waals surface area (Å²) in [5.41, 5.74) is 2.50. The van der Waals surface area contributed by atoms with Gasteiger partial charge in [-0.05, 0) is 69.1 Å². The molecule has 0 radical (unpaired) electrons. The monoisotopic (exact) mass is 473 g/mol. The number of anilines is 1. The molecule has 2 aliphatic rings. The highest BCUT2D eigenvalue weighted by molar-refractivity contribution is 6.32. The molecule has 1 unspecified atom stereocenters. The zero-order valence-corrected chi connectivity index (χ0v) is 20.7. The molecule has 2 aliphatic heterocycles. The maximum absolute atomic E-state index is 6.24.